The van der Waals surface area contributed by atoms with Crippen molar-refractivity contribution in [2.75, 3.05) is 7.05 Å². The Bertz CT molecular complexity index is 778. The van der Waals surface area contributed by atoms with E-state index in [1.54, 1.807) is 24.7 Å². The fourth-order valence-corrected chi connectivity index (χ4v) is 2.81. The average molecular weight is 334 g/mol. The number of nitrogens with one attached hydrogen (secondary N) is 2. The first-order valence-electron chi connectivity index (χ1n) is 7.02. The predicted octanol–water partition coefficient (Wildman–Crippen LogP) is 0.746. The van der Waals surface area contributed by atoms with Gasteiger partial charge in [-0.3, -0.25) is 14.8 Å². The van der Waals surface area contributed by atoms with Crippen LogP contribution in [0.25, 0.3) is 0 Å². The second kappa shape index (κ2) is 7.30. The molecule has 7 nitrogen and oxygen atoms in total. The number of amides is 1. The summed E-state index contributed by atoms with van der Waals surface area (Å²) < 4.78 is 25.8. The third-order valence-electron chi connectivity index (χ3n) is 3.18. The largest absolute Gasteiger partial charge is 0.349 e. The number of hydrogen-bond donors (Lipinski definition) is 2. The van der Waals surface area contributed by atoms with Crippen LogP contribution < -0.4 is 10.0 Å². The number of nitrogens with zero attached hydrogens (tertiary/aromatic N) is 2. The third-order valence-corrected chi connectivity index (χ3v) is 4.60. The maximum absolute atomic E-state index is 12.3. The van der Waals surface area contributed by atoms with Crippen LogP contribution in [0, 0.1) is 0 Å². The van der Waals surface area contributed by atoms with Crippen LogP contribution >= 0.6 is 0 Å². The van der Waals surface area contributed by atoms with Gasteiger partial charge in [0, 0.05) is 36.6 Å². The normalized spacial score (nSPS) is 12.6. The minimum Gasteiger partial charge on any atom is -0.349 e. The number of hydrogen-bond acceptors (Lipinski definition) is 5. The summed E-state index contributed by atoms with van der Waals surface area (Å²) in [6.45, 7) is 1.85. The van der Waals surface area contributed by atoms with Gasteiger partial charge in [-0.1, -0.05) is 6.07 Å². The quantitative estimate of drug-likeness (QED) is 0.811. The van der Waals surface area contributed by atoms with Gasteiger partial charge >= 0.3 is 0 Å². The van der Waals surface area contributed by atoms with Crippen molar-refractivity contribution in [1.82, 2.24) is 20.0 Å². The van der Waals surface area contributed by atoms with Gasteiger partial charge in [-0.2, -0.15) is 0 Å². The number of carbonyl (C=O) groups excluding carboxylic acids is 1. The molecule has 0 aliphatic heterocycles. The minimum absolute atomic E-state index is 0.0502. The first-order valence-corrected chi connectivity index (χ1v) is 8.50. The molecule has 122 valence electrons. The van der Waals surface area contributed by atoms with Crippen molar-refractivity contribution >= 4 is 15.9 Å². The van der Waals surface area contributed by atoms with Crippen LogP contribution in [0.15, 0.2) is 47.8 Å². The molecule has 0 spiro atoms. The average Bonchev–Trinajstić information content (AvgIpc) is 2.55. The summed E-state index contributed by atoms with van der Waals surface area (Å²) in [6.07, 6.45) is 5.35. The molecule has 0 bridgehead atoms. The van der Waals surface area contributed by atoms with E-state index in [9.17, 15) is 13.2 Å². The Morgan fingerprint density at radius 3 is 2.74 bits per heavy atom. The Labute approximate surface area is 135 Å². The summed E-state index contributed by atoms with van der Waals surface area (Å²) in [7, 11) is -2.26. The van der Waals surface area contributed by atoms with Gasteiger partial charge in [-0.05, 0) is 32.2 Å². The topological polar surface area (TPSA) is 101 Å². The lowest BCUT2D eigenvalue weighted by molar-refractivity contribution is 0.0939. The first-order chi connectivity index (χ1) is 10.9. The van der Waals surface area contributed by atoms with Crippen molar-refractivity contribution in [3.63, 3.8) is 0 Å². The Balaban J connectivity index is 2.07. The molecular weight excluding hydrogens is 316 g/mol. The van der Waals surface area contributed by atoms with Crippen molar-refractivity contribution in [2.45, 2.75) is 24.3 Å². The van der Waals surface area contributed by atoms with Crippen LogP contribution in [0.3, 0.4) is 0 Å². The summed E-state index contributed by atoms with van der Waals surface area (Å²) in [4.78, 5) is 20.4. The lowest BCUT2D eigenvalue weighted by atomic mass is 10.1. The number of carbonyl (C=O) groups is 1. The molecule has 0 unspecified atom stereocenters. The SMILES string of the molecule is CNS(=O)(=O)c1cccc(C(=O)N[C@H](C)Cc2cnccn2)c1. The van der Waals surface area contributed by atoms with E-state index in [1.807, 2.05) is 6.92 Å². The van der Waals surface area contributed by atoms with E-state index < -0.39 is 10.0 Å². The van der Waals surface area contributed by atoms with E-state index in [0.717, 1.165) is 5.69 Å². The summed E-state index contributed by atoms with van der Waals surface area (Å²) in [5.41, 5.74) is 1.05. The minimum atomic E-state index is -3.58. The molecular formula is C15H18N4O3S. The van der Waals surface area contributed by atoms with Gasteiger partial charge in [0.25, 0.3) is 5.91 Å². The molecule has 2 N–H and O–H groups in total. The lowest BCUT2D eigenvalue weighted by Gasteiger charge is -2.13. The molecule has 0 radical (unpaired) electrons. The molecule has 1 heterocycles. The second-order valence-electron chi connectivity index (χ2n) is 5.01. The van der Waals surface area contributed by atoms with Crippen LogP contribution in [-0.2, 0) is 16.4 Å². The zero-order valence-electron chi connectivity index (χ0n) is 12.9. The number of aromatic nitrogens is 2. The standard InChI is InChI=1S/C15H18N4O3S/c1-11(8-13-10-17-6-7-18-13)19-15(20)12-4-3-5-14(9-12)23(21,22)16-2/h3-7,9-11,16H,8H2,1-2H3,(H,19,20)/t11-/m1/s1. The highest BCUT2D eigenvalue weighted by Gasteiger charge is 2.15. The zero-order valence-corrected chi connectivity index (χ0v) is 13.7. The summed E-state index contributed by atoms with van der Waals surface area (Å²) in [5.74, 6) is -0.338. The molecule has 8 heteroatoms. The van der Waals surface area contributed by atoms with Crippen molar-refractivity contribution < 1.29 is 13.2 Å². The monoisotopic (exact) mass is 334 g/mol. The summed E-state index contributed by atoms with van der Waals surface area (Å²) in [6, 6.07) is 5.72. The van der Waals surface area contributed by atoms with Gasteiger partial charge in [0.1, 0.15) is 0 Å². The van der Waals surface area contributed by atoms with E-state index in [0.29, 0.717) is 6.42 Å². The van der Waals surface area contributed by atoms with E-state index in [2.05, 4.69) is 20.0 Å². The van der Waals surface area contributed by atoms with E-state index in [-0.39, 0.29) is 22.4 Å². The van der Waals surface area contributed by atoms with Crippen LogP contribution in [0.2, 0.25) is 0 Å². The Hall–Kier alpha value is -2.32. The molecule has 0 aliphatic rings. The zero-order chi connectivity index (χ0) is 16.9. The maximum atomic E-state index is 12.3. The van der Waals surface area contributed by atoms with Gasteiger partial charge in [0.2, 0.25) is 10.0 Å². The van der Waals surface area contributed by atoms with Crippen molar-refractivity contribution in [3.05, 3.63) is 54.1 Å². The predicted molar refractivity (Wildman–Crippen MR) is 85.4 cm³/mol. The van der Waals surface area contributed by atoms with Crippen molar-refractivity contribution in [3.8, 4) is 0 Å². The summed E-state index contributed by atoms with van der Waals surface area (Å²) in [5, 5.41) is 2.82. The molecule has 0 saturated heterocycles. The Morgan fingerprint density at radius 2 is 2.09 bits per heavy atom. The molecule has 2 rings (SSSR count). The van der Waals surface area contributed by atoms with Crippen LogP contribution in [0.4, 0.5) is 0 Å². The van der Waals surface area contributed by atoms with Gasteiger partial charge in [0.05, 0.1) is 10.6 Å². The van der Waals surface area contributed by atoms with Gasteiger partial charge in [-0.15, -0.1) is 0 Å². The molecule has 0 saturated carbocycles. The van der Waals surface area contributed by atoms with E-state index in [4.69, 9.17) is 0 Å². The summed E-state index contributed by atoms with van der Waals surface area (Å²) >= 11 is 0. The lowest BCUT2D eigenvalue weighted by Crippen LogP contribution is -2.34. The fraction of sp³-hybridized carbons (Fsp3) is 0.267. The van der Waals surface area contributed by atoms with Gasteiger partial charge in [-0.25, -0.2) is 13.1 Å². The number of rotatable bonds is 6. The molecule has 23 heavy (non-hydrogen) atoms. The smallest absolute Gasteiger partial charge is 0.251 e. The van der Waals surface area contributed by atoms with Gasteiger partial charge < -0.3 is 5.32 Å². The highest BCUT2D eigenvalue weighted by Crippen LogP contribution is 2.11. The molecule has 2 aromatic rings. The molecule has 0 fully saturated rings. The van der Waals surface area contributed by atoms with Crippen molar-refractivity contribution in [1.29, 1.82) is 0 Å². The molecule has 0 aliphatic carbocycles. The number of sulfonamides is 1. The highest BCUT2D eigenvalue weighted by molar-refractivity contribution is 7.89. The molecule has 1 aromatic carbocycles. The Kier molecular flexibility index (Phi) is 5.41. The molecule has 1 atom stereocenters. The molecule has 1 aromatic heterocycles. The van der Waals surface area contributed by atoms with Crippen LogP contribution in [-0.4, -0.2) is 37.4 Å². The van der Waals surface area contributed by atoms with Crippen molar-refractivity contribution in [2.24, 2.45) is 0 Å². The number of benzene rings is 1. The fourth-order valence-electron chi connectivity index (χ4n) is 2.03. The maximum Gasteiger partial charge on any atom is 0.251 e. The van der Waals surface area contributed by atoms with Crippen LogP contribution in [0.1, 0.15) is 23.0 Å². The van der Waals surface area contributed by atoms with Crippen LogP contribution in [0.5, 0.6) is 0 Å². The second-order valence-corrected chi connectivity index (χ2v) is 6.90. The first kappa shape index (κ1) is 17.0. The van der Waals surface area contributed by atoms with E-state index >= 15 is 0 Å². The third kappa shape index (κ3) is 4.57. The van der Waals surface area contributed by atoms with E-state index in [1.165, 1.54) is 25.2 Å². The van der Waals surface area contributed by atoms with Gasteiger partial charge in [0.15, 0.2) is 0 Å². The highest BCUT2D eigenvalue weighted by atomic mass is 32.2. The Morgan fingerprint density at radius 1 is 1.30 bits per heavy atom. The molecule has 1 amide bonds.